The highest BCUT2D eigenvalue weighted by atomic mass is 16.2. The summed E-state index contributed by atoms with van der Waals surface area (Å²) in [4.78, 5) is 12.3. The first-order chi connectivity index (χ1) is 9.29. The van der Waals surface area contributed by atoms with E-state index in [0.717, 1.165) is 11.6 Å². The Morgan fingerprint density at radius 2 is 2.00 bits per heavy atom. The number of amides is 1. The SMILES string of the molecule is O=C(NC1CC2CCC1CC2)c1cc(C2CC2)[nH]n1. The molecule has 0 radical (unpaired) electrons. The first-order valence-corrected chi connectivity index (χ1v) is 7.66. The van der Waals surface area contributed by atoms with Crippen LogP contribution in [0, 0.1) is 11.8 Å². The van der Waals surface area contributed by atoms with E-state index in [1.165, 1.54) is 44.9 Å². The summed E-state index contributed by atoms with van der Waals surface area (Å²) in [5.74, 6) is 2.19. The third-order valence-corrected chi connectivity index (χ3v) is 5.21. The molecule has 1 aromatic rings. The van der Waals surface area contributed by atoms with E-state index in [2.05, 4.69) is 15.5 Å². The van der Waals surface area contributed by atoms with Crippen LogP contribution in [0.4, 0.5) is 0 Å². The fourth-order valence-electron chi connectivity index (χ4n) is 3.85. The van der Waals surface area contributed by atoms with Crippen molar-refractivity contribution >= 4 is 5.91 Å². The Labute approximate surface area is 113 Å². The Hall–Kier alpha value is -1.32. The highest BCUT2D eigenvalue weighted by Crippen LogP contribution is 2.41. The van der Waals surface area contributed by atoms with Gasteiger partial charge in [0.25, 0.3) is 5.91 Å². The molecule has 0 aromatic carbocycles. The van der Waals surface area contributed by atoms with Crippen molar-refractivity contribution in [1.29, 1.82) is 0 Å². The van der Waals surface area contributed by atoms with Crippen LogP contribution in [0.3, 0.4) is 0 Å². The maximum Gasteiger partial charge on any atom is 0.272 e. The van der Waals surface area contributed by atoms with Gasteiger partial charge in [0.15, 0.2) is 0 Å². The highest BCUT2D eigenvalue weighted by Gasteiger charge is 2.36. The van der Waals surface area contributed by atoms with E-state index in [9.17, 15) is 4.79 Å². The first-order valence-electron chi connectivity index (χ1n) is 7.66. The average molecular weight is 259 g/mol. The van der Waals surface area contributed by atoms with E-state index in [1.54, 1.807) is 0 Å². The van der Waals surface area contributed by atoms with Gasteiger partial charge in [0, 0.05) is 17.7 Å². The minimum Gasteiger partial charge on any atom is -0.348 e. The summed E-state index contributed by atoms with van der Waals surface area (Å²) in [5.41, 5.74) is 1.71. The first kappa shape index (κ1) is 11.5. The number of aromatic amines is 1. The largest absolute Gasteiger partial charge is 0.348 e. The van der Waals surface area contributed by atoms with Crippen molar-refractivity contribution in [3.63, 3.8) is 0 Å². The quantitative estimate of drug-likeness (QED) is 0.876. The molecule has 1 amide bonds. The van der Waals surface area contributed by atoms with E-state index in [0.29, 0.717) is 23.6 Å². The molecular formula is C15H21N3O. The molecule has 0 saturated heterocycles. The lowest BCUT2D eigenvalue weighted by Gasteiger charge is -2.42. The van der Waals surface area contributed by atoms with Gasteiger partial charge in [0.1, 0.15) is 5.69 Å². The molecule has 0 spiro atoms. The smallest absolute Gasteiger partial charge is 0.272 e. The molecule has 1 heterocycles. The summed E-state index contributed by atoms with van der Waals surface area (Å²) in [6.45, 7) is 0. The standard InChI is InChI=1S/C15H21N3O/c19-15(14-8-13(17-18-14)11-5-6-11)16-12-7-9-1-3-10(12)4-2-9/h8-12H,1-7H2,(H,16,19)(H,17,18). The van der Waals surface area contributed by atoms with Crippen molar-refractivity contribution in [2.45, 2.75) is 56.9 Å². The fraction of sp³-hybridized carbons (Fsp3) is 0.733. The normalized spacial score (nSPS) is 33.4. The van der Waals surface area contributed by atoms with Gasteiger partial charge in [-0.1, -0.05) is 12.8 Å². The summed E-state index contributed by atoms with van der Waals surface area (Å²) < 4.78 is 0. The number of carbonyl (C=O) groups is 1. The van der Waals surface area contributed by atoms with Crippen molar-refractivity contribution in [1.82, 2.24) is 15.5 Å². The molecule has 1 atom stereocenters. The maximum absolute atomic E-state index is 12.3. The van der Waals surface area contributed by atoms with Gasteiger partial charge >= 0.3 is 0 Å². The Morgan fingerprint density at radius 1 is 1.21 bits per heavy atom. The van der Waals surface area contributed by atoms with Gasteiger partial charge in [-0.25, -0.2) is 0 Å². The molecule has 4 heteroatoms. The lowest BCUT2D eigenvalue weighted by Crippen LogP contribution is -2.47. The molecule has 2 N–H and O–H groups in total. The molecule has 5 rings (SSSR count). The van der Waals surface area contributed by atoms with Gasteiger partial charge in [0.05, 0.1) is 0 Å². The molecule has 4 aliphatic carbocycles. The van der Waals surface area contributed by atoms with Gasteiger partial charge in [-0.2, -0.15) is 5.10 Å². The minimum atomic E-state index is 0.0145. The minimum absolute atomic E-state index is 0.0145. The predicted molar refractivity (Wildman–Crippen MR) is 71.9 cm³/mol. The van der Waals surface area contributed by atoms with Crippen molar-refractivity contribution < 1.29 is 4.79 Å². The molecule has 4 aliphatic rings. The van der Waals surface area contributed by atoms with E-state index < -0.39 is 0 Å². The van der Waals surface area contributed by atoms with Crippen molar-refractivity contribution in [2.75, 3.05) is 0 Å². The molecule has 4 nitrogen and oxygen atoms in total. The zero-order valence-electron chi connectivity index (χ0n) is 11.2. The van der Waals surface area contributed by atoms with Gasteiger partial charge in [-0.05, 0) is 50.0 Å². The van der Waals surface area contributed by atoms with Gasteiger partial charge in [-0.15, -0.1) is 0 Å². The number of nitrogens with one attached hydrogen (secondary N) is 2. The molecular weight excluding hydrogens is 238 g/mol. The molecule has 2 bridgehead atoms. The zero-order valence-corrected chi connectivity index (χ0v) is 11.2. The molecule has 1 unspecified atom stereocenters. The van der Waals surface area contributed by atoms with Gasteiger partial charge < -0.3 is 5.32 Å². The van der Waals surface area contributed by atoms with Crippen LogP contribution in [0.25, 0.3) is 0 Å². The van der Waals surface area contributed by atoms with Crippen molar-refractivity contribution in [3.05, 3.63) is 17.5 Å². The van der Waals surface area contributed by atoms with Crippen LogP contribution < -0.4 is 5.32 Å². The van der Waals surface area contributed by atoms with Gasteiger partial charge in [-0.3, -0.25) is 9.89 Å². The highest BCUT2D eigenvalue weighted by molar-refractivity contribution is 5.92. The molecule has 19 heavy (non-hydrogen) atoms. The summed E-state index contributed by atoms with van der Waals surface area (Å²) >= 11 is 0. The maximum atomic E-state index is 12.3. The molecule has 1 aromatic heterocycles. The van der Waals surface area contributed by atoms with Crippen molar-refractivity contribution in [2.24, 2.45) is 11.8 Å². The van der Waals surface area contributed by atoms with Crippen LogP contribution in [0.5, 0.6) is 0 Å². The van der Waals surface area contributed by atoms with Crippen LogP contribution >= 0.6 is 0 Å². The second-order valence-corrected chi connectivity index (χ2v) is 6.58. The number of rotatable bonds is 3. The number of hydrogen-bond donors (Lipinski definition) is 2. The second kappa shape index (κ2) is 4.36. The van der Waals surface area contributed by atoms with Crippen LogP contribution in [0.15, 0.2) is 6.07 Å². The van der Waals surface area contributed by atoms with Crippen LogP contribution in [-0.2, 0) is 0 Å². The summed E-state index contributed by atoms with van der Waals surface area (Å²) in [6.07, 6.45) is 8.96. The monoisotopic (exact) mass is 259 g/mol. The lowest BCUT2D eigenvalue weighted by molar-refractivity contribution is 0.0806. The molecule has 4 fully saturated rings. The van der Waals surface area contributed by atoms with E-state index in [1.807, 2.05) is 6.07 Å². The fourth-order valence-corrected chi connectivity index (χ4v) is 3.85. The Kier molecular flexibility index (Phi) is 2.64. The molecule has 4 saturated carbocycles. The third kappa shape index (κ3) is 2.17. The molecule has 102 valence electrons. The number of carbonyl (C=O) groups excluding carboxylic acids is 1. The number of hydrogen-bond acceptors (Lipinski definition) is 2. The van der Waals surface area contributed by atoms with Gasteiger partial charge in [0.2, 0.25) is 0 Å². The number of aromatic nitrogens is 2. The topological polar surface area (TPSA) is 57.8 Å². The Bertz CT molecular complexity index is 483. The molecule has 0 aliphatic heterocycles. The second-order valence-electron chi connectivity index (χ2n) is 6.58. The van der Waals surface area contributed by atoms with E-state index in [4.69, 9.17) is 0 Å². The number of fused-ring (bicyclic) bond motifs is 3. The summed E-state index contributed by atoms with van der Waals surface area (Å²) in [5, 5.41) is 10.4. The predicted octanol–water partition coefficient (Wildman–Crippen LogP) is 2.60. The Morgan fingerprint density at radius 3 is 2.63 bits per heavy atom. The number of nitrogens with zero attached hydrogens (tertiary/aromatic N) is 1. The third-order valence-electron chi connectivity index (χ3n) is 5.21. The Balaban J connectivity index is 1.42. The lowest BCUT2D eigenvalue weighted by atomic mass is 9.68. The zero-order chi connectivity index (χ0) is 12.8. The van der Waals surface area contributed by atoms with Crippen LogP contribution in [0.1, 0.15) is 67.0 Å². The van der Waals surface area contributed by atoms with Crippen molar-refractivity contribution in [3.8, 4) is 0 Å². The van der Waals surface area contributed by atoms with E-state index >= 15 is 0 Å². The summed E-state index contributed by atoms with van der Waals surface area (Å²) in [6, 6.07) is 2.33. The van der Waals surface area contributed by atoms with Crippen LogP contribution in [0.2, 0.25) is 0 Å². The van der Waals surface area contributed by atoms with Crippen LogP contribution in [-0.4, -0.2) is 22.1 Å². The average Bonchev–Trinajstić information content (AvgIpc) is 3.17. The summed E-state index contributed by atoms with van der Waals surface area (Å²) in [7, 11) is 0. The van der Waals surface area contributed by atoms with E-state index in [-0.39, 0.29) is 5.91 Å². The number of H-pyrrole nitrogens is 1.